The van der Waals surface area contributed by atoms with Gasteiger partial charge in [-0.05, 0) is 21.0 Å². The maximum Gasteiger partial charge on any atom is 0.371 e. The molecule has 0 radical (unpaired) electrons. The normalized spacial score (nSPS) is 21.6. The van der Waals surface area contributed by atoms with Gasteiger partial charge in [0, 0.05) is 0 Å². The van der Waals surface area contributed by atoms with E-state index in [0.29, 0.717) is 19.7 Å². The van der Waals surface area contributed by atoms with Crippen molar-refractivity contribution in [1.29, 1.82) is 5.26 Å². The van der Waals surface area contributed by atoms with Crippen molar-refractivity contribution in [3.8, 4) is 6.07 Å². The Bertz CT molecular complexity index is 439. The van der Waals surface area contributed by atoms with Crippen molar-refractivity contribution in [2.75, 3.05) is 40.4 Å². The molecule has 1 aliphatic rings. The molecule has 8 nitrogen and oxygen atoms in total. The van der Waals surface area contributed by atoms with E-state index in [-0.39, 0.29) is 12.8 Å². The van der Waals surface area contributed by atoms with Gasteiger partial charge >= 0.3 is 12.4 Å². The lowest BCUT2D eigenvalue weighted by Crippen LogP contribution is -2.45. The second kappa shape index (κ2) is 8.24. The van der Waals surface area contributed by atoms with Crippen LogP contribution in [0.25, 0.3) is 0 Å². The second-order valence-corrected chi connectivity index (χ2v) is 4.27. The Hall–Kier alpha value is -1.98. The first kappa shape index (κ1) is 16.1. The summed E-state index contributed by atoms with van der Waals surface area (Å²) in [6.07, 6.45) is 1.34. The van der Waals surface area contributed by atoms with Gasteiger partial charge in [0.2, 0.25) is 0 Å². The van der Waals surface area contributed by atoms with E-state index in [1.807, 2.05) is 23.6 Å². The van der Waals surface area contributed by atoms with Crippen molar-refractivity contribution in [1.82, 2.24) is 4.90 Å². The summed E-state index contributed by atoms with van der Waals surface area (Å²) in [5.74, 6) is -0.795. The number of nitrogens with zero attached hydrogens (tertiary/aromatic N) is 4. The number of esters is 1. The summed E-state index contributed by atoms with van der Waals surface area (Å²) in [7, 11) is 3.84. The standard InChI is InChI=1S/C12H19N4O4/c1-4-18-12(17)10(7-13)14-20-9-16-5-6-19-11(8-16)15(2)3/h9,11H,4-6,8H2,1-3H3/q+1. The minimum Gasteiger partial charge on any atom is -0.461 e. The summed E-state index contributed by atoms with van der Waals surface area (Å²) in [6.45, 7) is 3.66. The molecule has 0 spiro atoms. The van der Waals surface area contributed by atoms with Gasteiger partial charge in [-0.2, -0.15) is 9.84 Å². The first-order chi connectivity index (χ1) is 9.58. The zero-order valence-electron chi connectivity index (χ0n) is 11.9. The number of rotatable bonds is 5. The van der Waals surface area contributed by atoms with Crippen LogP contribution in [-0.2, 0) is 19.1 Å². The van der Waals surface area contributed by atoms with Crippen molar-refractivity contribution in [3.63, 3.8) is 0 Å². The predicted octanol–water partition coefficient (Wildman–Crippen LogP) is -0.596. The highest BCUT2D eigenvalue weighted by molar-refractivity contribution is 6.42. The molecule has 1 rings (SSSR count). The van der Waals surface area contributed by atoms with Crippen LogP contribution in [0, 0.1) is 11.3 Å². The fourth-order valence-electron chi connectivity index (χ4n) is 1.50. The minimum absolute atomic E-state index is 0.0342. The van der Waals surface area contributed by atoms with Crippen molar-refractivity contribution >= 4 is 18.1 Å². The van der Waals surface area contributed by atoms with Crippen LogP contribution in [0.1, 0.15) is 6.92 Å². The summed E-state index contributed by atoms with van der Waals surface area (Å²) in [6, 6.07) is 1.63. The smallest absolute Gasteiger partial charge is 0.371 e. The van der Waals surface area contributed by atoms with Gasteiger partial charge in [0.25, 0.3) is 5.71 Å². The molecule has 0 N–H and O–H groups in total. The molecule has 1 unspecified atom stereocenters. The van der Waals surface area contributed by atoms with E-state index in [1.54, 1.807) is 13.0 Å². The van der Waals surface area contributed by atoms with Crippen LogP contribution < -0.4 is 0 Å². The fraction of sp³-hybridized carbons (Fsp3) is 0.667. The van der Waals surface area contributed by atoms with Gasteiger partial charge in [0.15, 0.2) is 19.3 Å². The number of oxime groups is 1. The van der Waals surface area contributed by atoms with Crippen molar-refractivity contribution in [2.24, 2.45) is 5.16 Å². The van der Waals surface area contributed by atoms with Crippen molar-refractivity contribution in [2.45, 2.75) is 13.2 Å². The van der Waals surface area contributed by atoms with Gasteiger partial charge < -0.3 is 9.47 Å². The Labute approximate surface area is 117 Å². The minimum atomic E-state index is -0.795. The molecule has 0 bridgehead atoms. The Balaban J connectivity index is 2.58. The first-order valence-electron chi connectivity index (χ1n) is 6.25. The molecule has 0 aliphatic carbocycles. The third-order valence-electron chi connectivity index (χ3n) is 2.57. The number of morpholine rings is 1. The number of ether oxygens (including phenoxy) is 2. The highest BCUT2D eigenvalue weighted by Gasteiger charge is 2.24. The lowest BCUT2D eigenvalue weighted by Gasteiger charge is -2.25. The monoisotopic (exact) mass is 283 g/mol. The molecule has 20 heavy (non-hydrogen) atoms. The highest BCUT2D eigenvalue weighted by Crippen LogP contribution is 2.02. The molecule has 0 saturated carbocycles. The molecule has 1 saturated heterocycles. The molecule has 1 aliphatic heterocycles. The number of carbonyl (C=O) groups is 1. The average molecular weight is 283 g/mol. The molecular formula is C12H19N4O4+. The third kappa shape index (κ3) is 4.95. The molecule has 110 valence electrons. The maximum atomic E-state index is 11.3. The van der Waals surface area contributed by atoms with Gasteiger partial charge in [0.1, 0.15) is 12.7 Å². The van der Waals surface area contributed by atoms with Gasteiger partial charge in [-0.3, -0.25) is 9.74 Å². The zero-order chi connectivity index (χ0) is 15.0. The first-order valence-corrected chi connectivity index (χ1v) is 6.25. The Morgan fingerprint density at radius 2 is 2.40 bits per heavy atom. The summed E-state index contributed by atoms with van der Waals surface area (Å²) >= 11 is 0. The summed E-state index contributed by atoms with van der Waals surface area (Å²) in [5.41, 5.74) is -0.416. The summed E-state index contributed by atoms with van der Waals surface area (Å²) in [5, 5.41) is 12.2. The molecule has 0 aromatic rings. The van der Waals surface area contributed by atoms with E-state index in [1.165, 1.54) is 6.40 Å². The fourth-order valence-corrected chi connectivity index (χ4v) is 1.50. The number of hydrogen-bond donors (Lipinski definition) is 0. The van der Waals surface area contributed by atoms with E-state index in [2.05, 4.69) is 9.89 Å². The highest BCUT2D eigenvalue weighted by atomic mass is 16.6. The molecule has 0 aromatic carbocycles. The zero-order valence-corrected chi connectivity index (χ0v) is 11.9. The van der Waals surface area contributed by atoms with Gasteiger partial charge in [0.05, 0.1) is 6.61 Å². The quantitative estimate of drug-likeness (QED) is 0.220. The van der Waals surface area contributed by atoms with E-state index in [4.69, 9.17) is 14.8 Å². The SMILES string of the molecule is CCOC(=O)C(C#N)=NOC=[N+]1CCOC(N(C)C)C1. The molecule has 1 heterocycles. The van der Waals surface area contributed by atoms with Crippen LogP contribution in [0.3, 0.4) is 0 Å². The molecule has 1 atom stereocenters. The van der Waals surface area contributed by atoms with Gasteiger partial charge in [-0.25, -0.2) is 4.79 Å². The van der Waals surface area contributed by atoms with Crippen molar-refractivity contribution < 1.29 is 23.7 Å². The van der Waals surface area contributed by atoms with Crippen LogP contribution in [0.4, 0.5) is 0 Å². The van der Waals surface area contributed by atoms with Gasteiger partial charge in [-0.1, -0.05) is 5.16 Å². The van der Waals surface area contributed by atoms with E-state index >= 15 is 0 Å². The Kier molecular flexibility index (Phi) is 6.63. The van der Waals surface area contributed by atoms with E-state index in [9.17, 15) is 4.79 Å². The van der Waals surface area contributed by atoms with E-state index in [0.717, 1.165) is 0 Å². The molecular weight excluding hydrogens is 264 g/mol. The van der Waals surface area contributed by atoms with Crippen LogP contribution >= 0.6 is 0 Å². The number of hydrogen-bond acceptors (Lipinski definition) is 7. The van der Waals surface area contributed by atoms with Gasteiger partial charge in [-0.15, -0.1) is 0 Å². The van der Waals surface area contributed by atoms with E-state index < -0.39 is 11.7 Å². The number of nitriles is 1. The largest absolute Gasteiger partial charge is 0.461 e. The predicted molar refractivity (Wildman–Crippen MR) is 70.3 cm³/mol. The van der Waals surface area contributed by atoms with Crippen LogP contribution in [0.15, 0.2) is 5.16 Å². The molecule has 1 fully saturated rings. The van der Waals surface area contributed by atoms with Crippen molar-refractivity contribution in [3.05, 3.63) is 0 Å². The Morgan fingerprint density at radius 3 is 3.00 bits per heavy atom. The number of likely N-dealkylation sites (N-methyl/N-ethyl adjacent to an activating group) is 1. The lowest BCUT2D eigenvalue weighted by atomic mass is 10.4. The van der Waals surface area contributed by atoms with Crippen LogP contribution in [0.5, 0.6) is 0 Å². The maximum absolute atomic E-state index is 11.3. The molecule has 8 heteroatoms. The average Bonchev–Trinajstić information content (AvgIpc) is 2.44. The van der Waals surface area contributed by atoms with Crippen LogP contribution in [0.2, 0.25) is 0 Å². The summed E-state index contributed by atoms with van der Waals surface area (Å²) < 4.78 is 12.1. The second-order valence-electron chi connectivity index (χ2n) is 4.27. The Morgan fingerprint density at radius 1 is 1.65 bits per heavy atom. The number of carbonyl (C=O) groups excluding carboxylic acids is 1. The lowest BCUT2D eigenvalue weighted by molar-refractivity contribution is -0.567. The molecule has 0 amide bonds. The topological polar surface area (TPSA) is 87.2 Å². The third-order valence-corrected chi connectivity index (χ3v) is 2.57. The molecule has 0 aromatic heterocycles. The summed E-state index contributed by atoms with van der Waals surface area (Å²) in [4.78, 5) is 18.1. The van der Waals surface area contributed by atoms with Crippen LogP contribution in [-0.4, -0.2) is 74.2 Å².